The smallest absolute Gasteiger partial charge is 0.344 e. The maximum Gasteiger partial charge on any atom is 0.344 e. The van der Waals surface area contributed by atoms with Crippen molar-refractivity contribution in [2.75, 3.05) is 26.3 Å². The summed E-state index contributed by atoms with van der Waals surface area (Å²) in [4.78, 5) is 12.9. The van der Waals surface area contributed by atoms with E-state index in [4.69, 9.17) is 14.0 Å². The molecule has 1 fully saturated rings. The van der Waals surface area contributed by atoms with Gasteiger partial charge in [0.2, 0.25) is 10.0 Å². The standard InChI is InChI=1S/C22H22N2O6S/c1-16-20(21(23-30-16)18-7-3-2-4-8-18)22(25)29-15-17-6-5-9-19(14-17)31(26,27)24-10-12-28-13-11-24/h2-9,14H,10-13,15H2,1H3. The highest BCUT2D eigenvalue weighted by Crippen LogP contribution is 2.26. The Labute approximate surface area is 180 Å². The van der Waals surface area contributed by atoms with Crippen molar-refractivity contribution in [3.05, 3.63) is 71.5 Å². The van der Waals surface area contributed by atoms with Crippen molar-refractivity contribution in [3.8, 4) is 11.3 Å². The van der Waals surface area contributed by atoms with Gasteiger partial charge in [-0.1, -0.05) is 47.6 Å². The highest BCUT2D eigenvalue weighted by Gasteiger charge is 2.27. The third kappa shape index (κ3) is 4.53. The van der Waals surface area contributed by atoms with Crippen LogP contribution < -0.4 is 0 Å². The number of carbonyl (C=O) groups is 1. The van der Waals surface area contributed by atoms with Gasteiger partial charge in [0.1, 0.15) is 23.6 Å². The normalized spacial score (nSPS) is 15.0. The van der Waals surface area contributed by atoms with Crippen LogP contribution in [0.2, 0.25) is 0 Å². The second-order valence-corrected chi connectivity index (χ2v) is 9.01. The van der Waals surface area contributed by atoms with Crippen LogP contribution in [0.1, 0.15) is 21.7 Å². The van der Waals surface area contributed by atoms with Crippen molar-refractivity contribution in [3.63, 3.8) is 0 Å². The van der Waals surface area contributed by atoms with Gasteiger partial charge in [0.15, 0.2) is 0 Å². The molecule has 1 saturated heterocycles. The monoisotopic (exact) mass is 442 g/mol. The average molecular weight is 442 g/mol. The van der Waals surface area contributed by atoms with Gasteiger partial charge in [0.25, 0.3) is 0 Å². The lowest BCUT2D eigenvalue weighted by Gasteiger charge is -2.26. The van der Waals surface area contributed by atoms with E-state index >= 15 is 0 Å². The number of carbonyl (C=O) groups excluding carboxylic acids is 1. The van der Waals surface area contributed by atoms with E-state index in [1.165, 1.54) is 16.4 Å². The van der Waals surface area contributed by atoms with Crippen molar-refractivity contribution in [1.29, 1.82) is 0 Å². The summed E-state index contributed by atoms with van der Waals surface area (Å²) in [6.07, 6.45) is 0. The third-order valence-corrected chi connectivity index (χ3v) is 6.88. The molecule has 1 aromatic heterocycles. The van der Waals surface area contributed by atoms with E-state index in [2.05, 4.69) is 5.16 Å². The van der Waals surface area contributed by atoms with E-state index in [-0.39, 0.29) is 17.1 Å². The number of aromatic nitrogens is 1. The summed E-state index contributed by atoms with van der Waals surface area (Å²) in [5.41, 5.74) is 1.97. The summed E-state index contributed by atoms with van der Waals surface area (Å²) in [6, 6.07) is 15.6. The van der Waals surface area contributed by atoms with Gasteiger partial charge < -0.3 is 14.0 Å². The largest absolute Gasteiger partial charge is 0.457 e. The number of benzene rings is 2. The Bertz CT molecular complexity index is 1170. The first-order valence-corrected chi connectivity index (χ1v) is 11.3. The van der Waals surface area contributed by atoms with Crippen LogP contribution in [0, 0.1) is 6.92 Å². The van der Waals surface area contributed by atoms with E-state index in [1.807, 2.05) is 30.3 Å². The summed E-state index contributed by atoms with van der Waals surface area (Å²) >= 11 is 0. The molecule has 0 radical (unpaired) electrons. The molecule has 0 saturated carbocycles. The second-order valence-electron chi connectivity index (χ2n) is 7.07. The van der Waals surface area contributed by atoms with Crippen LogP contribution in [0.5, 0.6) is 0 Å². The highest BCUT2D eigenvalue weighted by atomic mass is 32.2. The number of hydrogen-bond donors (Lipinski definition) is 0. The van der Waals surface area contributed by atoms with Crippen LogP contribution in [0.3, 0.4) is 0 Å². The predicted octanol–water partition coefficient (Wildman–Crippen LogP) is 3.03. The minimum absolute atomic E-state index is 0.0792. The minimum Gasteiger partial charge on any atom is -0.457 e. The fraction of sp³-hybridized carbons (Fsp3) is 0.273. The minimum atomic E-state index is -3.63. The molecular formula is C22H22N2O6S. The molecule has 9 heteroatoms. The molecule has 1 aliphatic heterocycles. The van der Waals surface area contributed by atoms with Gasteiger partial charge in [-0.3, -0.25) is 0 Å². The van der Waals surface area contributed by atoms with Crippen molar-refractivity contribution in [1.82, 2.24) is 9.46 Å². The SMILES string of the molecule is Cc1onc(-c2ccccc2)c1C(=O)OCc1cccc(S(=O)(=O)N2CCOCC2)c1. The number of sulfonamides is 1. The molecule has 8 nitrogen and oxygen atoms in total. The van der Waals surface area contributed by atoms with E-state index < -0.39 is 16.0 Å². The Kier molecular flexibility index (Phi) is 6.17. The van der Waals surface area contributed by atoms with E-state index in [1.54, 1.807) is 19.1 Å². The molecule has 0 bridgehead atoms. The van der Waals surface area contributed by atoms with Crippen LogP contribution >= 0.6 is 0 Å². The zero-order valence-electron chi connectivity index (χ0n) is 17.0. The quantitative estimate of drug-likeness (QED) is 0.541. The lowest BCUT2D eigenvalue weighted by atomic mass is 10.1. The average Bonchev–Trinajstić information content (AvgIpc) is 3.20. The van der Waals surface area contributed by atoms with Crippen molar-refractivity contribution in [2.24, 2.45) is 0 Å². The molecule has 4 rings (SSSR count). The molecule has 0 unspecified atom stereocenters. The summed E-state index contributed by atoms with van der Waals surface area (Å²) in [5.74, 6) is -0.230. The van der Waals surface area contributed by atoms with Crippen LogP contribution in [-0.4, -0.2) is 50.2 Å². The summed E-state index contributed by atoms with van der Waals surface area (Å²) in [7, 11) is -3.63. The van der Waals surface area contributed by atoms with Crippen LogP contribution in [0.4, 0.5) is 0 Å². The van der Waals surface area contributed by atoms with Gasteiger partial charge in [-0.2, -0.15) is 4.31 Å². The molecule has 0 atom stereocenters. The van der Waals surface area contributed by atoms with E-state index in [9.17, 15) is 13.2 Å². The molecule has 0 amide bonds. The number of nitrogens with zero attached hydrogens (tertiary/aromatic N) is 2. The first kappa shape index (κ1) is 21.2. The van der Waals surface area contributed by atoms with Gasteiger partial charge in [0.05, 0.1) is 18.1 Å². The molecule has 31 heavy (non-hydrogen) atoms. The van der Waals surface area contributed by atoms with Gasteiger partial charge in [-0.05, 0) is 24.6 Å². The highest BCUT2D eigenvalue weighted by molar-refractivity contribution is 7.89. The Balaban J connectivity index is 1.50. The fourth-order valence-electron chi connectivity index (χ4n) is 3.36. The predicted molar refractivity (Wildman–Crippen MR) is 112 cm³/mol. The maximum atomic E-state index is 12.9. The van der Waals surface area contributed by atoms with Crippen molar-refractivity contribution >= 4 is 16.0 Å². The fourth-order valence-corrected chi connectivity index (χ4v) is 4.84. The van der Waals surface area contributed by atoms with Gasteiger partial charge in [0, 0.05) is 18.7 Å². The first-order valence-electron chi connectivity index (χ1n) is 9.82. The first-order chi connectivity index (χ1) is 15.0. The van der Waals surface area contributed by atoms with Gasteiger partial charge in [-0.15, -0.1) is 0 Å². The van der Waals surface area contributed by atoms with Crippen LogP contribution in [-0.2, 0) is 26.1 Å². The van der Waals surface area contributed by atoms with Crippen molar-refractivity contribution in [2.45, 2.75) is 18.4 Å². The van der Waals surface area contributed by atoms with Gasteiger partial charge in [-0.25, -0.2) is 13.2 Å². The second kappa shape index (κ2) is 9.01. The number of rotatable bonds is 6. The lowest BCUT2D eigenvalue weighted by Crippen LogP contribution is -2.40. The van der Waals surface area contributed by atoms with Crippen molar-refractivity contribution < 1.29 is 27.2 Å². The Morgan fingerprint density at radius 2 is 1.84 bits per heavy atom. The molecule has 0 spiro atoms. The number of hydrogen-bond acceptors (Lipinski definition) is 7. The van der Waals surface area contributed by atoms with Crippen LogP contribution in [0.25, 0.3) is 11.3 Å². The molecule has 0 aliphatic carbocycles. The molecule has 0 N–H and O–H groups in total. The molecule has 3 aromatic rings. The Morgan fingerprint density at radius 1 is 1.10 bits per heavy atom. The third-order valence-electron chi connectivity index (χ3n) is 4.99. The van der Waals surface area contributed by atoms with E-state index in [0.29, 0.717) is 43.3 Å². The zero-order valence-corrected chi connectivity index (χ0v) is 17.8. The van der Waals surface area contributed by atoms with Crippen LogP contribution in [0.15, 0.2) is 64.0 Å². The molecule has 1 aliphatic rings. The van der Waals surface area contributed by atoms with E-state index in [0.717, 1.165) is 5.56 Å². The lowest BCUT2D eigenvalue weighted by molar-refractivity contribution is 0.0471. The number of esters is 1. The number of aryl methyl sites for hydroxylation is 1. The molecule has 2 heterocycles. The topological polar surface area (TPSA) is 98.9 Å². The Hall–Kier alpha value is -3.01. The summed E-state index contributed by atoms with van der Waals surface area (Å²) < 4.78 is 43.0. The molecule has 162 valence electrons. The Morgan fingerprint density at radius 3 is 2.58 bits per heavy atom. The van der Waals surface area contributed by atoms with Gasteiger partial charge >= 0.3 is 5.97 Å². The number of morpholine rings is 1. The summed E-state index contributed by atoms with van der Waals surface area (Å²) in [5, 5.41) is 3.99. The maximum absolute atomic E-state index is 12.9. The summed E-state index contributed by atoms with van der Waals surface area (Å²) in [6.45, 7) is 2.94. The zero-order chi connectivity index (χ0) is 21.8. The number of ether oxygens (including phenoxy) is 2. The molecule has 2 aromatic carbocycles. The molecular weight excluding hydrogens is 420 g/mol.